The number of carbonyl (C=O) groups is 1. The normalized spacial score (nSPS) is 10.7. The largest absolute Gasteiger partial charge is 0.434 e. The van der Waals surface area contributed by atoms with Crippen LogP contribution in [0.15, 0.2) is 42.5 Å². The molecule has 0 atom stereocenters. The average Bonchev–Trinajstić information content (AvgIpc) is 2.43. The third-order valence-corrected chi connectivity index (χ3v) is 2.80. The van der Waals surface area contributed by atoms with Crippen LogP contribution < -0.4 is 4.74 Å². The first-order chi connectivity index (χ1) is 9.99. The summed E-state index contributed by atoms with van der Waals surface area (Å²) in [5.74, 6) is -2.77. The molecule has 2 rings (SSSR count). The maximum absolute atomic E-state index is 13.5. The number of ether oxygens (including phenoxy) is 1. The van der Waals surface area contributed by atoms with Gasteiger partial charge in [-0.05, 0) is 24.3 Å². The highest BCUT2D eigenvalue weighted by Crippen LogP contribution is 2.23. The highest BCUT2D eigenvalue weighted by atomic mass is 19.3. The number of hydrogen-bond donors (Lipinski definition) is 0. The summed E-state index contributed by atoms with van der Waals surface area (Å²) in [5.41, 5.74) is -0.560. The van der Waals surface area contributed by atoms with Gasteiger partial charge >= 0.3 is 6.61 Å². The van der Waals surface area contributed by atoms with Gasteiger partial charge in [-0.2, -0.15) is 8.78 Å². The van der Waals surface area contributed by atoms with E-state index in [1.54, 1.807) is 0 Å². The Morgan fingerprint density at radius 3 is 2.24 bits per heavy atom. The molecular weight excluding hydrogens is 288 g/mol. The molecule has 110 valence electrons. The van der Waals surface area contributed by atoms with Crippen LogP contribution in [0.1, 0.15) is 15.9 Å². The second kappa shape index (κ2) is 6.39. The van der Waals surface area contributed by atoms with Gasteiger partial charge < -0.3 is 4.74 Å². The van der Waals surface area contributed by atoms with Crippen LogP contribution in [-0.2, 0) is 6.42 Å². The second-order valence-electron chi connectivity index (χ2n) is 4.17. The minimum absolute atomic E-state index is 0.152. The van der Waals surface area contributed by atoms with E-state index in [0.29, 0.717) is 0 Å². The van der Waals surface area contributed by atoms with E-state index in [2.05, 4.69) is 4.74 Å². The standard InChI is InChI=1S/C15H10F4O2/c16-11-5-3-6-12(17)10(11)8-13(20)9-4-1-2-7-14(9)21-15(18)19/h1-7,15H,8H2. The first-order valence-corrected chi connectivity index (χ1v) is 5.99. The number of ketones is 1. The Bertz CT molecular complexity index is 636. The molecule has 0 aliphatic rings. The lowest BCUT2D eigenvalue weighted by molar-refractivity contribution is -0.0501. The van der Waals surface area contributed by atoms with Gasteiger partial charge in [-0.1, -0.05) is 18.2 Å². The van der Waals surface area contributed by atoms with Crippen molar-refractivity contribution in [1.29, 1.82) is 0 Å². The maximum Gasteiger partial charge on any atom is 0.387 e. The van der Waals surface area contributed by atoms with Crippen LogP contribution in [0, 0.1) is 11.6 Å². The van der Waals surface area contributed by atoms with E-state index in [1.165, 1.54) is 30.3 Å². The minimum atomic E-state index is -3.09. The molecule has 2 aromatic carbocycles. The molecule has 0 bridgehead atoms. The Labute approximate surface area is 118 Å². The fraction of sp³-hybridized carbons (Fsp3) is 0.133. The fourth-order valence-corrected chi connectivity index (χ4v) is 1.85. The molecule has 2 nitrogen and oxygen atoms in total. The van der Waals surface area contributed by atoms with E-state index in [0.717, 1.165) is 12.1 Å². The van der Waals surface area contributed by atoms with Crippen molar-refractivity contribution in [2.45, 2.75) is 13.0 Å². The molecule has 21 heavy (non-hydrogen) atoms. The summed E-state index contributed by atoms with van der Waals surface area (Å²) in [6.45, 7) is -3.09. The Morgan fingerprint density at radius 2 is 1.62 bits per heavy atom. The molecule has 0 saturated carbocycles. The maximum atomic E-state index is 13.5. The number of Topliss-reactive ketones (excluding diaryl/α,β-unsaturated/α-hetero) is 1. The van der Waals surface area contributed by atoms with Crippen molar-refractivity contribution in [1.82, 2.24) is 0 Å². The van der Waals surface area contributed by atoms with Gasteiger partial charge in [0, 0.05) is 12.0 Å². The lowest BCUT2D eigenvalue weighted by Gasteiger charge is -2.10. The lowest BCUT2D eigenvalue weighted by Crippen LogP contribution is -2.11. The molecule has 0 aliphatic heterocycles. The number of para-hydroxylation sites is 1. The van der Waals surface area contributed by atoms with Gasteiger partial charge in [0.2, 0.25) is 0 Å². The monoisotopic (exact) mass is 298 g/mol. The lowest BCUT2D eigenvalue weighted by atomic mass is 10.0. The van der Waals surface area contributed by atoms with Gasteiger partial charge in [0.05, 0.1) is 5.56 Å². The van der Waals surface area contributed by atoms with Crippen LogP contribution >= 0.6 is 0 Å². The summed E-state index contributed by atoms with van der Waals surface area (Å²) in [6, 6.07) is 8.53. The van der Waals surface area contributed by atoms with Crippen molar-refractivity contribution in [2.24, 2.45) is 0 Å². The van der Waals surface area contributed by atoms with Gasteiger partial charge in [0.1, 0.15) is 17.4 Å². The summed E-state index contributed by atoms with van der Waals surface area (Å²) in [4.78, 5) is 12.1. The molecule has 0 unspecified atom stereocenters. The van der Waals surface area contributed by atoms with Crippen LogP contribution in [0.4, 0.5) is 17.6 Å². The minimum Gasteiger partial charge on any atom is -0.434 e. The van der Waals surface area contributed by atoms with E-state index < -0.39 is 36.0 Å². The molecule has 0 fully saturated rings. The van der Waals surface area contributed by atoms with Crippen molar-refractivity contribution < 1.29 is 27.1 Å². The van der Waals surface area contributed by atoms with Crippen molar-refractivity contribution in [3.8, 4) is 5.75 Å². The third kappa shape index (κ3) is 3.59. The first-order valence-electron chi connectivity index (χ1n) is 5.99. The molecule has 0 spiro atoms. The number of hydrogen-bond acceptors (Lipinski definition) is 2. The highest BCUT2D eigenvalue weighted by Gasteiger charge is 2.19. The van der Waals surface area contributed by atoms with E-state index in [-0.39, 0.29) is 11.3 Å². The van der Waals surface area contributed by atoms with Gasteiger partial charge in [0.25, 0.3) is 0 Å². The Balaban J connectivity index is 2.29. The molecule has 0 aliphatic carbocycles. The first kappa shape index (κ1) is 15.0. The Kier molecular flexibility index (Phi) is 4.57. The molecule has 0 aromatic heterocycles. The van der Waals surface area contributed by atoms with Crippen LogP contribution in [0.5, 0.6) is 5.75 Å². The van der Waals surface area contributed by atoms with Crippen molar-refractivity contribution in [3.05, 3.63) is 65.2 Å². The van der Waals surface area contributed by atoms with Crippen LogP contribution in [0.3, 0.4) is 0 Å². The smallest absolute Gasteiger partial charge is 0.387 e. The van der Waals surface area contributed by atoms with Gasteiger partial charge in [-0.25, -0.2) is 8.78 Å². The van der Waals surface area contributed by atoms with Crippen LogP contribution in [0.2, 0.25) is 0 Å². The molecule has 0 N–H and O–H groups in total. The molecule has 0 amide bonds. The Morgan fingerprint density at radius 1 is 1.00 bits per heavy atom. The predicted molar refractivity (Wildman–Crippen MR) is 67.5 cm³/mol. The topological polar surface area (TPSA) is 26.3 Å². The average molecular weight is 298 g/mol. The van der Waals surface area contributed by atoms with Crippen LogP contribution in [-0.4, -0.2) is 12.4 Å². The molecular formula is C15H10F4O2. The zero-order valence-corrected chi connectivity index (χ0v) is 10.7. The van der Waals surface area contributed by atoms with Crippen LogP contribution in [0.25, 0.3) is 0 Å². The summed E-state index contributed by atoms with van der Waals surface area (Å²) >= 11 is 0. The summed E-state index contributed by atoms with van der Waals surface area (Å²) < 4.78 is 55.7. The van der Waals surface area contributed by atoms with Gasteiger partial charge in [-0.3, -0.25) is 4.79 Å². The Hall–Kier alpha value is -2.37. The fourth-order valence-electron chi connectivity index (χ4n) is 1.85. The van der Waals surface area contributed by atoms with E-state index in [1.807, 2.05) is 0 Å². The van der Waals surface area contributed by atoms with Crippen molar-refractivity contribution in [2.75, 3.05) is 0 Å². The van der Waals surface area contributed by atoms with E-state index in [4.69, 9.17) is 0 Å². The second-order valence-corrected chi connectivity index (χ2v) is 4.17. The zero-order valence-electron chi connectivity index (χ0n) is 10.7. The van der Waals surface area contributed by atoms with E-state index in [9.17, 15) is 22.4 Å². The zero-order chi connectivity index (χ0) is 15.4. The van der Waals surface area contributed by atoms with Crippen molar-refractivity contribution in [3.63, 3.8) is 0 Å². The summed E-state index contributed by atoms with van der Waals surface area (Å²) in [6.07, 6.45) is -0.581. The van der Waals surface area contributed by atoms with Crippen molar-refractivity contribution >= 4 is 5.78 Å². The molecule has 6 heteroatoms. The number of alkyl halides is 2. The molecule has 2 aromatic rings. The number of carbonyl (C=O) groups excluding carboxylic acids is 1. The highest BCUT2D eigenvalue weighted by molar-refractivity contribution is 6.00. The molecule has 0 heterocycles. The number of rotatable bonds is 5. The quantitative estimate of drug-likeness (QED) is 0.616. The van der Waals surface area contributed by atoms with E-state index >= 15 is 0 Å². The van der Waals surface area contributed by atoms with Gasteiger partial charge in [0.15, 0.2) is 5.78 Å². The van der Waals surface area contributed by atoms with Gasteiger partial charge in [-0.15, -0.1) is 0 Å². The SMILES string of the molecule is O=C(Cc1c(F)cccc1F)c1ccccc1OC(F)F. The number of halogens is 4. The summed E-state index contributed by atoms with van der Waals surface area (Å²) in [5, 5.41) is 0. The summed E-state index contributed by atoms with van der Waals surface area (Å²) in [7, 11) is 0. The third-order valence-electron chi connectivity index (χ3n) is 2.80. The molecule has 0 radical (unpaired) electrons. The predicted octanol–water partition coefficient (Wildman–Crippen LogP) is 3.99. The number of benzene rings is 2. The molecule has 0 saturated heterocycles.